The topological polar surface area (TPSA) is 88.1 Å². The zero-order chi connectivity index (χ0) is 17.4. The predicted octanol–water partition coefficient (Wildman–Crippen LogP) is 1.89. The molecule has 1 fully saturated rings. The van der Waals surface area contributed by atoms with Crippen molar-refractivity contribution in [2.75, 3.05) is 0 Å². The quantitative estimate of drug-likeness (QED) is 0.436. The van der Waals surface area contributed by atoms with Crippen LogP contribution in [0.15, 0.2) is 35.1 Å². The van der Waals surface area contributed by atoms with Gasteiger partial charge in [-0.05, 0) is 19.1 Å². The first-order chi connectivity index (χ1) is 10.5. The summed E-state index contributed by atoms with van der Waals surface area (Å²) in [6, 6.07) is 0. The van der Waals surface area contributed by atoms with Crippen molar-refractivity contribution < 1.29 is 33.3 Å². The van der Waals surface area contributed by atoms with Crippen LogP contribution in [0.4, 0.5) is 0 Å². The lowest BCUT2D eigenvalue weighted by Crippen LogP contribution is -2.41. The van der Waals surface area contributed by atoms with Crippen LogP contribution < -0.4 is 0 Å². The summed E-state index contributed by atoms with van der Waals surface area (Å²) in [6.07, 6.45) is 3.96. The number of cyclic esters (lactones) is 3. The molecule has 124 valence electrons. The van der Waals surface area contributed by atoms with Crippen molar-refractivity contribution in [1.29, 1.82) is 0 Å². The van der Waals surface area contributed by atoms with Gasteiger partial charge in [-0.25, -0.2) is 14.4 Å². The Morgan fingerprint density at radius 3 is 1.78 bits per heavy atom. The molecule has 0 saturated carbocycles. The number of rotatable bonds is 2. The second kappa shape index (κ2) is 5.57. The van der Waals surface area contributed by atoms with Gasteiger partial charge < -0.3 is 18.9 Å². The van der Waals surface area contributed by atoms with Crippen molar-refractivity contribution in [2.45, 2.75) is 46.2 Å². The highest BCUT2D eigenvalue weighted by atomic mass is 16.7. The maximum absolute atomic E-state index is 11.9. The molecule has 0 spiro atoms. The zero-order valence-corrected chi connectivity index (χ0v) is 13.6. The largest absolute Gasteiger partial charge is 0.457 e. The van der Waals surface area contributed by atoms with Gasteiger partial charge in [-0.2, -0.15) is 0 Å². The van der Waals surface area contributed by atoms with Gasteiger partial charge in [0.2, 0.25) is 5.79 Å². The molecule has 0 aromatic carbocycles. The van der Waals surface area contributed by atoms with Crippen LogP contribution in [0.1, 0.15) is 34.6 Å². The van der Waals surface area contributed by atoms with E-state index >= 15 is 0 Å². The molecule has 23 heavy (non-hydrogen) atoms. The summed E-state index contributed by atoms with van der Waals surface area (Å²) < 4.78 is 20.5. The fraction of sp³-hybridized carbons (Fsp3) is 0.438. The van der Waals surface area contributed by atoms with E-state index in [4.69, 9.17) is 18.9 Å². The van der Waals surface area contributed by atoms with Crippen molar-refractivity contribution in [1.82, 2.24) is 0 Å². The van der Waals surface area contributed by atoms with Crippen molar-refractivity contribution in [3.05, 3.63) is 35.1 Å². The van der Waals surface area contributed by atoms with E-state index in [-0.39, 0.29) is 11.1 Å². The fourth-order valence-corrected chi connectivity index (χ4v) is 2.09. The number of hydrogen-bond acceptors (Lipinski definition) is 7. The third-order valence-electron chi connectivity index (χ3n) is 2.98. The minimum absolute atomic E-state index is 0.194. The van der Waals surface area contributed by atoms with E-state index in [9.17, 15) is 14.4 Å². The average molecular weight is 322 g/mol. The van der Waals surface area contributed by atoms with Crippen LogP contribution in [-0.4, -0.2) is 29.5 Å². The Labute approximate surface area is 133 Å². The van der Waals surface area contributed by atoms with Gasteiger partial charge in [-0.3, -0.25) is 0 Å². The van der Waals surface area contributed by atoms with Crippen molar-refractivity contribution in [3.8, 4) is 0 Å². The van der Waals surface area contributed by atoms with E-state index in [2.05, 4.69) is 0 Å². The van der Waals surface area contributed by atoms with Gasteiger partial charge >= 0.3 is 17.9 Å². The molecule has 2 rings (SSSR count). The monoisotopic (exact) mass is 322 g/mol. The number of carbonyl (C=O) groups is 3. The summed E-state index contributed by atoms with van der Waals surface area (Å²) in [7, 11) is 0. The van der Waals surface area contributed by atoms with Gasteiger partial charge in [0, 0.05) is 27.7 Å². The Bertz CT molecular complexity index is 640. The van der Waals surface area contributed by atoms with E-state index in [1.165, 1.54) is 32.1 Å². The lowest BCUT2D eigenvalue weighted by atomic mass is 10.1. The van der Waals surface area contributed by atoms with Crippen LogP contribution in [0.25, 0.3) is 0 Å². The normalized spacial score (nSPS) is 23.2. The molecule has 2 aliphatic rings. The predicted molar refractivity (Wildman–Crippen MR) is 77.4 cm³/mol. The van der Waals surface area contributed by atoms with E-state index in [0.717, 1.165) is 0 Å². The van der Waals surface area contributed by atoms with Gasteiger partial charge in [-0.1, -0.05) is 6.08 Å². The molecular weight excluding hydrogens is 304 g/mol. The molecule has 0 unspecified atom stereocenters. The van der Waals surface area contributed by atoms with Crippen LogP contribution in [0, 0.1) is 0 Å². The molecule has 0 aliphatic carbocycles. The SMILES string of the molecule is CC1=C(/C=C/C=C2C(=O)OC(C)(C)OC2=O)C(=O)OC(C)(C)O1. The van der Waals surface area contributed by atoms with E-state index < -0.39 is 29.5 Å². The smallest absolute Gasteiger partial charge is 0.348 e. The number of ether oxygens (including phenoxy) is 4. The molecule has 0 radical (unpaired) electrons. The van der Waals surface area contributed by atoms with Gasteiger partial charge in [0.15, 0.2) is 0 Å². The third kappa shape index (κ3) is 3.80. The molecule has 0 aromatic heterocycles. The maximum Gasteiger partial charge on any atom is 0.348 e. The minimum atomic E-state index is -1.29. The highest BCUT2D eigenvalue weighted by Gasteiger charge is 2.38. The molecule has 1 saturated heterocycles. The minimum Gasteiger partial charge on any atom is -0.457 e. The van der Waals surface area contributed by atoms with Crippen LogP contribution in [0.2, 0.25) is 0 Å². The first-order valence-corrected chi connectivity index (χ1v) is 6.99. The maximum atomic E-state index is 11.9. The van der Waals surface area contributed by atoms with E-state index in [1.807, 2.05) is 0 Å². The Hall–Kier alpha value is -2.57. The summed E-state index contributed by atoms with van der Waals surface area (Å²) in [6.45, 7) is 7.78. The van der Waals surface area contributed by atoms with E-state index in [1.54, 1.807) is 20.8 Å². The van der Waals surface area contributed by atoms with Gasteiger partial charge in [0.1, 0.15) is 11.3 Å². The molecule has 0 amide bonds. The molecule has 7 nitrogen and oxygen atoms in total. The Balaban J connectivity index is 2.20. The van der Waals surface area contributed by atoms with Crippen LogP contribution in [0.3, 0.4) is 0 Å². The average Bonchev–Trinajstić information content (AvgIpc) is 2.32. The second-order valence-electron chi connectivity index (χ2n) is 5.98. The Morgan fingerprint density at radius 2 is 1.26 bits per heavy atom. The summed E-state index contributed by atoms with van der Waals surface area (Å²) in [4.78, 5) is 35.4. The molecule has 0 atom stereocenters. The standard InChI is InChI=1S/C16H18O7/c1-9-10(12(17)21-15(2,3)20-9)7-6-8-11-13(18)22-16(4,5)23-14(11)19/h6-8H,1-5H3/b7-6+. The first kappa shape index (κ1) is 16.8. The summed E-state index contributed by atoms with van der Waals surface area (Å²) in [5, 5.41) is 0. The zero-order valence-electron chi connectivity index (χ0n) is 13.6. The van der Waals surface area contributed by atoms with Crippen LogP contribution in [-0.2, 0) is 33.3 Å². The third-order valence-corrected chi connectivity index (χ3v) is 2.98. The Morgan fingerprint density at radius 1 is 0.783 bits per heavy atom. The number of allylic oxidation sites excluding steroid dienone is 3. The molecule has 0 bridgehead atoms. The van der Waals surface area contributed by atoms with Crippen LogP contribution >= 0.6 is 0 Å². The molecule has 2 aliphatic heterocycles. The molecule has 0 aromatic rings. The summed E-state index contributed by atoms with van der Waals surface area (Å²) in [5.74, 6) is -4.06. The van der Waals surface area contributed by atoms with Gasteiger partial charge in [0.25, 0.3) is 5.79 Å². The molecule has 7 heteroatoms. The summed E-state index contributed by atoms with van der Waals surface area (Å²) in [5.41, 5.74) is -0.0664. The first-order valence-electron chi connectivity index (χ1n) is 6.99. The van der Waals surface area contributed by atoms with Gasteiger partial charge in [0.05, 0.1) is 5.57 Å². The number of esters is 3. The highest BCUT2D eigenvalue weighted by Crippen LogP contribution is 2.27. The van der Waals surface area contributed by atoms with Crippen molar-refractivity contribution in [2.24, 2.45) is 0 Å². The lowest BCUT2D eigenvalue weighted by Gasteiger charge is -2.31. The summed E-state index contributed by atoms with van der Waals surface area (Å²) >= 11 is 0. The highest BCUT2D eigenvalue weighted by molar-refractivity contribution is 6.15. The second-order valence-corrected chi connectivity index (χ2v) is 5.98. The van der Waals surface area contributed by atoms with Crippen LogP contribution in [0.5, 0.6) is 0 Å². The van der Waals surface area contributed by atoms with Crippen molar-refractivity contribution in [3.63, 3.8) is 0 Å². The molecular formula is C16H18O7. The fourth-order valence-electron chi connectivity index (χ4n) is 2.09. The number of hydrogen-bond donors (Lipinski definition) is 0. The Kier molecular flexibility index (Phi) is 4.07. The lowest BCUT2D eigenvalue weighted by molar-refractivity contribution is -0.222. The van der Waals surface area contributed by atoms with Gasteiger partial charge in [-0.15, -0.1) is 0 Å². The molecule has 0 N–H and O–H groups in total. The molecule has 2 heterocycles. The van der Waals surface area contributed by atoms with Crippen molar-refractivity contribution >= 4 is 17.9 Å². The number of carbonyl (C=O) groups excluding carboxylic acids is 3. The van der Waals surface area contributed by atoms with E-state index in [0.29, 0.717) is 5.76 Å².